The molecule has 0 N–H and O–H groups in total. The van der Waals surface area contributed by atoms with Crippen LogP contribution in [0.2, 0.25) is 4.34 Å². The largest absolute Gasteiger partial charge is 0.453 e. The maximum absolute atomic E-state index is 12.6. The number of halogens is 1. The van der Waals surface area contributed by atoms with Crippen molar-refractivity contribution in [1.82, 2.24) is 4.90 Å². The van der Waals surface area contributed by atoms with Gasteiger partial charge in [0.25, 0.3) is 5.91 Å². The minimum atomic E-state index is -0.999. The Bertz CT molecular complexity index is 749. The molecule has 27 heavy (non-hydrogen) atoms. The second-order valence-electron chi connectivity index (χ2n) is 6.76. The van der Waals surface area contributed by atoms with Gasteiger partial charge in [-0.25, -0.2) is 0 Å². The summed E-state index contributed by atoms with van der Waals surface area (Å²) in [6, 6.07) is 5.52. The van der Waals surface area contributed by atoms with Crippen molar-refractivity contribution in [2.24, 2.45) is 0 Å². The fourth-order valence-corrected chi connectivity index (χ4v) is 4.26. The van der Waals surface area contributed by atoms with Crippen molar-refractivity contribution in [2.75, 3.05) is 7.05 Å². The molecule has 0 radical (unpaired) electrons. The number of Topliss-reactive ketones (excluding diaryl/α,β-unsaturated/α-hetero) is 1. The van der Waals surface area contributed by atoms with Crippen LogP contribution in [0.3, 0.4) is 0 Å². The predicted octanol–water partition coefficient (Wildman–Crippen LogP) is 3.98. The predicted molar refractivity (Wildman–Crippen MR) is 103 cm³/mol. The molecular formula is C19H23ClN2O4S. The van der Waals surface area contributed by atoms with Crippen LogP contribution in [0, 0.1) is 11.3 Å². The molecule has 1 saturated carbocycles. The Hall–Kier alpha value is -1.91. The van der Waals surface area contributed by atoms with Crippen LogP contribution in [0.15, 0.2) is 12.1 Å². The summed E-state index contributed by atoms with van der Waals surface area (Å²) in [6.45, 7) is 1.49. The highest BCUT2D eigenvalue weighted by Gasteiger charge is 2.40. The van der Waals surface area contributed by atoms with Crippen molar-refractivity contribution in [3.63, 3.8) is 0 Å². The van der Waals surface area contributed by atoms with Crippen LogP contribution in [0.1, 0.15) is 61.5 Å². The smallest absolute Gasteiger partial charge is 0.307 e. The van der Waals surface area contributed by atoms with Gasteiger partial charge in [-0.2, -0.15) is 5.26 Å². The molecule has 0 spiro atoms. The number of rotatable bonds is 7. The molecule has 1 amide bonds. The minimum absolute atomic E-state index is 0.00540. The summed E-state index contributed by atoms with van der Waals surface area (Å²) in [5, 5.41) is 9.58. The van der Waals surface area contributed by atoms with Crippen molar-refractivity contribution in [3.8, 4) is 6.07 Å². The van der Waals surface area contributed by atoms with E-state index in [9.17, 15) is 19.6 Å². The van der Waals surface area contributed by atoms with E-state index >= 15 is 0 Å². The molecular weight excluding hydrogens is 388 g/mol. The average Bonchev–Trinajstić information content (AvgIpc) is 3.11. The zero-order chi connectivity index (χ0) is 20.0. The van der Waals surface area contributed by atoms with E-state index in [1.165, 1.54) is 11.8 Å². The molecule has 0 unspecified atom stereocenters. The van der Waals surface area contributed by atoms with Gasteiger partial charge in [0.05, 0.1) is 21.7 Å². The number of amides is 1. The molecule has 146 valence electrons. The van der Waals surface area contributed by atoms with Crippen LogP contribution in [0.4, 0.5) is 0 Å². The number of likely N-dealkylation sites (N-methyl/N-ethyl adjacent to an activating group) is 1. The Kier molecular flexibility index (Phi) is 7.40. The third-order valence-electron chi connectivity index (χ3n) is 4.92. The Labute approximate surface area is 168 Å². The summed E-state index contributed by atoms with van der Waals surface area (Å²) in [4.78, 5) is 38.6. The molecule has 2 rings (SSSR count). The summed E-state index contributed by atoms with van der Waals surface area (Å²) in [5.41, 5.74) is -0.829. The van der Waals surface area contributed by atoms with Gasteiger partial charge < -0.3 is 9.64 Å². The second kappa shape index (κ2) is 9.34. The van der Waals surface area contributed by atoms with E-state index < -0.39 is 23.5 Å². The van der Waals surface area contributed by atoms with Gasteiger partial charge in [-0.1, -0.05) is 30.9 Å². The van der Waals surface area contributed by atoms with Crippen molar-refractivity contribution < 1.29 is 19.1 Å². The summed E-state index contributed by atoms with van der Waals surface area (Å²) < 4.78 is 5.70. The second-order valence-corrected chi connectivity index (χ2v) is 8.48. The van der Waals surface area contributed by atoms with Crippen LogP contribution in [-0.4, -0.2) is 41.3 Å². The quantitative estimate of drug-likeness (QED) is 0.501. The van der Waals surface area contributed by atoms with E-state index in [1.54, 1.807) is 19.2 Å². The standard InChI is InChI=1S/C19H23ClN2O4S/c1-13(18(25)22(2)19(12-21)10-4-3-5-11-19)26-17(24)9-6-14(23)15-7-8-16(20)27-15/h7-8,13H,3-6,9-11H2,1-2H3/t13-/m1/s1. The third-order valence-corrected chi connectivity index (χ3v) is 6.19. The number of ether oxygens (including phenoxy) is 1. The number of thiophene rings is 1. The molecule has 1 aromatic rings. The van der Waals surface area contributed by atoms with Gasteiger partial charge in [0, 0.05) is 13.5 Å². The first-order valence-electron chi connectivity index (χ1n) is 8.96. The molecule has 0 bridgehead atoms. The first-order valence-corrected chi connectivity index (χ1v) is 10.2. The van der Waals surface area contributed by atoms with Crippen molar-refractivity contribution in [2.45, 2.75) is 63.5 Å². The first kappa shape index (κ1) is 21.4. The highest BCUT2D eigenvalue weighted by atomic mass is 35.5. The molecule has 0 aromatic carbocycles. The van der Waals surface area contributed by atoms with Gasteiger partial charge >= 0.3 is 5.97 Å². The maximum atomic E-state index is 12.6. The SMILES string of the molecule is C[C@@H](OC(=O)CCC(=O)c1ccc(Cl)s1)C(=O)N(C)C1(C#N)CCCCC1. The summed E-state index contributed by atoms with van der Waals surface area (Å²) in [6.07, 6.45) is 2.99. The van der Waals surface area contributed by atoms with E-state index in [2.05, 4.69) is 6.07 Å². The van der Waals surface area contributed by atoms with E-state index in [-0.39, 0.29) is 18.6 Å². The van der Waals surface area contributed by atoms with Crippen LogP contribution in [0.25, 0.3) is 0 Å². The lowest BCUT2D eigenvalue weighted by molar-refractivity contribution is -0.160. The number of nitrogens with zero attached hydrogens (tertiary/aromatic N) is 2. The first-order chi connectivity index (χ1) is 12.8. The average molecular weight is 411 g/mol. The molecule has 8 heteroatoms. The van der Waals surface area contributed by atoms with Crippen molar-refractivity contribution in [3.05, 3.63) is 21.3 Å². The zero-order valence-electron chi connectivity index (χ0n) is 15.5. The number of hydrogen-bond donors (Lipinski definition) is 0. The number of hydrogen-bond acceptors (Lipinski definition) is 6. The fraction of sp³-hybridized carbons (Fsp3) is 0.579. The molecule has 1 aliphatic carbocycles. The highest BCUT2D eigenvalue weighted by Crippen LogP contribution is 2.33. The Morgan fingerprint density at radius 1 is 1.30 bits per heavy atom. The van der Waals surface area contributed by atoms with Crippen LogP contribution >= 0.6 is 22.9 Å². The van der Waals surface area contributed by atoms with Crippen molar-refractivity contribution >= 4 is 40.6 Å². The molecule has 1 atom stereocenters. The Morgan fingerprint density at radius 3 is 2.52 bits per heavy atom. The highest BCUT2D eigenvalue weighted by molar-refractivity contribution is 7.18. The fourth-order valence-electron chi connectivity index (χ4n) is 3.25. The van der Waals surface area contributed by atoms with Crippen LogP contribution < -0.4 is 0 Å². The normalized spacial score (nSPS) is 16.8. The number of ketones is 1. The van der Waals surface area contributed by atoms with Gasteiger partial charge in [-0.3, -0.25) is 14.4 Å². The Morgan fingerprint density at radius 2 is 1.96 bits per heavy atom. The van der Waals surface area contributed by atoms with E-state index in [0.717, 1.165) is 30.6 Å². The lowest BCUT2D eigenvalue weighted by atomic mass is 9.81. The van der Waals surface area contributed by atoms with Gasteiger partial charge in [-0.05, 0) is 31.9 Å². The van der Waals surface area contributed by atoms with E-state index in [0.29, 0.717) is 22.1 Å². The lowest BCUT2D eigenvalue weighted by Crippen LogP contribution is -2.53. The number of nitriles is 1. The Balaban J connectivity index is 1.86. The number of carbonyl (C=O) groups excluding carboxylic acids is 3. The minimum Gasteiger partial charge on any atom is -0.453 e. The topological polar surface area (TPSA) is 87.5 Å². The van der Waals surface area contributed by atoms with Gasteiger partial charge in [0.2, 0.25) is 0 Å². The third kappa shape index (κ3) is 5.30. The molecule has 1 fully saturated rings. The number of esters is 1. The van der Waals surface area contributed by atoms with E-state index in [1.807, 2.05) is 0 Å². The van der Waals surface area contributed by atoms with Crippen LogP contribution in [-0.2, 0) is 14.3 Å². The summed E-state index contributed by atoms with van der Waals surface area (Å²) >= 11 is 6.96. The van der Waals surface area contributed by atoms with Gasteiger partial charge in [-0.15, -0.1) is 11.3 Å². The van der Waals surface area contributed by atoms with Crippen LogP contribution in [0.5, 0.6) is 0 Å². The molecule has 0 aliphatic heterocycles. The monoisotopic (exact) mass is 410 g/mol. The molecule has 1 aliphatic rings. The molecule has 0 saturated heterocycles. The van der Waals surface area contributed by atoms with Gasteiger partial charge in [0.1, 0.15) is 5.54 Å². The summed E-state index contributed by atoms with van der Waals surface area (Å²) in [7, 11) is 1.59. The van der Waals surface area contributed by atoms with Crippen molar-refractivity contribution in [1.29, 1.82) is 5.26 Å². The maximum Gasteiger partial charge on any atom is 0.307 e. The molecule has 6 nitrogen and oxygen atoms in total. The lowest BCUT2D eigenvalue weighted by Gasteiger charge is -2.39. The molecule has 1 aromatic heterocycles. The molecule has 1 heterocycles. The van der Waals surface area contributed by atoms with E-state index in [4.69, 9.17) is 16.3 Å². The van der Waals surface area contributed by atoms with Gasteiger partial charge in [0.15, 0.2) is 11.9 Å². The zero-order valence-corrected chi connectivity index (χ0v) is 17.1. The summed E-state index contributed by atoms with van der Waals surface area (Å²) in [5.74, 6) is -1.20. The number of carbonyl (C=O) groups is 3.